The number of rotatable bonds is 7. The molecule has 0 bridgehead atoms. The van der Waals surface area contributed by atoms with Gasteiger partial charge in [-0.2, -0.15) is 0 Å². The molecule has 0 aliphatic heterocycles. The molecule has 0 radical (unpaired) electrons. The van der Waals surface area contributed by atoms with E-state index >= 15 is 0 Å². The van der Waals surface area contributed by atoms with Crippen LogP contribution in [0.5, 0.6) is 5.75 Å². The molecule has 0 unspecified atom stereocenters. The maximum absolute atomic E-state index is 5.98. The molecule has 0 amide bonds. The average Bonchev–Trinajstić information content (AvgIpc) is 2.37. The third kappa shape index (κ3) is 5.49. The highest BCUT2D eigenvalue weighted by atomic mass is 35.5. The fraction of sp³-hybridized carbons (Fsp3) is 0.385. The molecule has 0 heterocycles. The van der Waals surface area contributed by atoms with Crippen LogP contribution < -0.4 is 10.1 Å². The number of ether oxygens (including phenoxy) is 1. The first-order valence-corrected chi connectivity index (χ1v) is 6.93. The van der Waals surface area contributed by atoms with Crippen molar-refractivity contribution in [2.45, 2.75) is 19.9 Å². The van der Waals surface area contributed by atoms with E-state index in [1.54, 1.807) is 6.07 Å². The molecule has 0 saturated carbocycles. The first-order chi connectivity index (χ1) is 8.67. The molecular weight excluding hydrogens is 293 g/mol. The van der Waals surface area contributed by atoms with Crippen molar-refractivity contribution in [1.82, 2.24) is 5.32 Å². The Bertz CT molecular complexity index is 407. The van der Waals surface area contributed by atoms with Crippen LogP contribution in [-0.4, -0.2) is 13.2 Å². The lowest BCUT2D eigenvalue weighted by atomic mass is 10.2. The van der Waals surface area contributed by atoms with Gasteiger partial charge in [0.2, 0.25) is 0 Å². The molecule has 100 valence electrons. The number of benzene rings is 1. The van der Waals surface area contributed by atoms with Crippen molar-refractivity contribution in [3.8, 4) is 5.75 Å². The lowest BCUT2D eigenvalue weighted by Gasteiger charge is -2.12. The minimum atomic E-state index is 0.257. The van der Waals surface area contributed by atoms with Crippen LogP contribution in [0.25, 0.3) is 0 Å². The Morgan fingerprint density at radius 3 is 2.89 bits per heavy atom. The van der Waals surface area contributed by atoms with E-state index < -0.39 is 0 Å². The molecular formula is C13H16Cl3NO. The Morgan fingerprint density at radius 2 is 2.22 bits per heavy atom. The Kier molecular flexibility index (Phi) is 7.52. The maximum atomic E-state index is 5.98. The highest BCUT2D eigenvalue weighted by molar-refractivity contribution is 6.36. The van der Waals surface area contributed by atoms with Crippen molar-refractivity contribution in [3.63, 3.8) is 0 Å². The summed E-state index contributed by atoms with van der Waals surface area (Å²) in [6.07, 6.45) is 1.08. The number of nitrogens with one attached hydrogen (secondary N) is 1. The van der Waals surface area contributed by atoms with Gasteiger partial charge in [0.05, 0.1) is 5.03 Å². The number of hydrogen-bond acceptors (Lipinski definition) is 2. The predicted octanol–water partition coefficient (Wildman–Crippen LogP) is 4.54. The van der Waals surface area contributed by atoms with Crippen molar-refractivity contribution >= 4 is 34.8 Å². The summed E-state index contributed by atoms with van der Waals surface area (Å²) in [5.41, 5.74) is 2.31. The molecule has 0 aromatic heterocycles. The van der Waals surface area contributed by atoms with Crippen LogP contribution in [-0.2, 0) is 6.54 Å². The van der Waals surface area contributed by atoms with Gasteiger partial charge in [0.1, 0.15) is 12.4 Å². The summed E-state index contributed by atoms with van der Waals surface area (Å²) in [7, 11) is 0. The summed E-state index contributed by atoms with van der Waals surface area (Å²) in [6, 6.07) is 5.51. The number of hydrogen-bond donors (Lipinski definition) is 1. The van der Waals surface area contributed by atoms with Gasteiger partial charge in [-0.1, -0.05) is 41.7 Å². The van der Waals surface area contributed by atoms with Gasteiger partial charge < -0.3 is 10.1 Å². The molecule has 0 fully saturated rings. The standard InChI is InChI=1S/C13H16Cl3NO/c1-2-5-17-8-10-6-11(15)3-4-13(10)18-9-12(16)7-14/h3-4,6-7,17H,2,5,8-9H2,1H3. The van der Waals surface area contributed by atoms with Crippen molar-refractivity contribution < 1.29 is 4.74 Å². The molecule has 1 aromatic rings. The topological polar surface area (TPSA) is 21.3 Å². The van der Waals surface area contributed by atoms with E-state index in [9.17, 15) is 0 Å². The van der Waals surface area contributed by atoms with Crippen LogP contribution in [0.1, 0.15) is 18.9 Å². The van der Waals surface area contributed by atoms with Crippen LogP contribution >= 0.6 is 34.8 Å². The normalized spacial score (nSPS) is 11.7. The Hall–Kier alpha value is -0.410. The zero-order chi connectivity index (χ0) is 13.4. The molecule has 0 spiro atoms. The van der Waals surface area contributed by atoms with Crippen LogP contribution in [0.2, 0.25) is 5.02 Å². The smallest absolute Gasteiger partial charge is 0.125 e. The SMILES string of the molecule is CCCNCc1cc(Cl)ccc1OCC(Cl)=CCl. The molecule has 0 saturated heterocycles. The zero-order valence-electron chi connectivity index (χ0n) is 10.2. The van der Waals surface area contributed by atoms with Crippen LogP contribution in [0.15, 0.2) is 28.8 Å². The molecule has 5 heteroatoms. The second kappa shape index (κ2) is 8.65. The minimum absolute atomic E-state index is 0.257. The molecule has 2 nitrogen and oxygen atoms in total. The highest BCUT2D eigenvalue weighted by Crippen LogP contribution is 2.23. The summed E-state index contributed by atoms with van der Waals surface area (Å²) in [5, 5.41) is 4.46. The summed E-state index contributed by atoms with van der Waals surface area (Å²) in [6.45, 7) is 4.04. The first-order valence-electron chi connectivity index (χ1n) is 5.74. The Labute approximate surface area is 123 Å². The third-order valence-electron chi connectivity index (χ3n) is 2.25. The predicted molar refractivity (Wildman–Crippen MR) is 78.7 cm³/mol. The van der Waals surface area contributed by atoms with Crippen molar-refractivity contribution in [1.29, 1.82) is 0 Å². The first kappa shape index (κ1) is 15.6. The van der Waals surface area contributed by atoms with Crippen LogP contribution in [0.4, 0.5) is 0 Å². The van der Waals surface area contributed by atoms with Crippen molar-refractivity contribution in [3.05, 3.63) is 39.4 Å². The van der Waals surface area contributed by atoms with E-state index in [0.29, 0.717) is 16.6 Å². The van der Waals surface area contributed by atoms with Gasteiger partial charge in [0, 0.05) is 22.7 Å². The Balaban J connectivity index is 2.69. The van der Waals surface area contributed by atoms with Gasteiger partial charge in [-0.3, -0.25) is 0 Å². The fourth-order valence-electron chi connectivity index (χ4n) is 1.41. The van der Waals surface area contributed by atoms with E-state index in [-0.39, 0.29) is 6.61 Å². The highest BCUT2D eigenvalue weighted by Gasteiger charge is 2.05. The van der Waals surface area contributed by atoms with Crippen LogP contribution in [0.3, 0.4) is 0 Å². The maximum Gasteiger partial charge on any atom is 0.125 e. The Morgan fingerprint density at radius 1 is 1.44 bits per heavy atom. The fourth-order valence-corrected chi connectivity index (χ4v) is 1.72. The van der Waals surface area contributed by atoms with Gasteiger partial charge >= 0.3 is 0 Å². The second-order valence-electron chi connectivity index (χ2n) is 3.77. The van der Waals surface area contributed by atoms with E-state index in [4.69, 9.17) is 39.5 Å². The summed E-state index contributed by atoms with van der Waals surface area (Å²) < 4.78 is 5.59. The zero-order valence-corrected chi connectivity index (χ0v) is 12.4. The van der Waals surface area contributed by atoms with Gasteiger partial charge in [-0.05, 0) is 31.2 Å². The minimum Gasteiger partial charge on any atom is -0.488 e. The third-order valence-corrected chi connectivity index (χ3v) is 3.08. The molecule has 0 atom stereocenters. The van der Waals surface area contributed by atoms with E-state index in [2.05, 4.69) is 12.2 Å². The molecule has 18 heavy (non-hydrogen) atoms. The molecule has 1 aromatic carbocycles. The van der Waals surface area contributed by atoms with Crippen molar-refractivity contribution in [2.24, 2.45) is 0 Å². The lowest BCUT2D eigenvalue weighted by molar-refractivity contribution is 0.354. The summed E-state index contributed by atoms with van der Waals surface area (Å²) in [4.78, 5) is 0. The van der Waals surface area contributed by atoms with E-state index in [1.807, 2.05) is 12.1 Å². The molecule has 1 rings (SSSR count). The average molecular weight is 309 g/mol. The largest absolute Gasteiger partial charge is 0.488 e. The van der Waals surface area contributed by atoms with Gasteiger partial charge in [0.15, 0.2) is 0 Å². The van der Waals surface area contributed by atoms with Crippen LogP contribution in [0, 0.1) is 0 Å². The monoisotopic (exact) mass is 307 g/mol. The van der Waals surface area contributed by atoms with Gasteiger partial charge in [0.25, 0.3) is 0 Å². The van der Waals surface area contributed by atoms with Gasteiger partial charge in [-0.25, -0.2) is 0 Å². The summed E-state index contributed by atoms with van der Waals surface area (Å²) >= 11 is 17.2. The quantitative estimate of drug-likeness (QED) is 0.747. The molecule has 1 N–H and O–H groups in total. The molecule has 0 aliphatic rings. The number of halogens is 3. The lowest BCUT2D eigenvalue weighted by Crippen LogP contribution is -2.14. The van der Waals surface area contributed by atoms with Crippen molar-refractivity contribution in [2.75, 3.05) is 13.2 Å². The molecule has 0 aliphatic carbocycles. The van der Waals surface area contributed by atoms with E-state index in [0.717, 1.165) is 24.3 Å². The van der Waals surface area contributed by atoms with E-state index in [1.165, 1.54) is 5.54 Å². The summed E-state index contributed by atoms with van der Waals surface area (Å²) in [5.74, 6) is 0.764. The van der Waals surface area contributed by atoms with Gasteiger partial charge in [-0.15, -0.1) is 0 Å². The second-order valence-corrected chi connectivity index (χ2v) is 4.91.